The second kappa shape index (κ2) is 12.1. The third kappa shape index (κ3) is 4.79. The molecule has 2 aliphatic carbocycles. The first-order valence-corrected chi connectivity index (χ1v) is 20.5. The van der Waals surface area contributed by atoms with Crippen LogP contribution in [0.3, 0.4) is 0 Å². The number of anilines is 3. The molecular formula is C54H41NS. The first kappa shape index (κ1) is 33.1. The van der Waals surface area contributed by atoms with Gasteiger partial charge in [0.2, 0.25) is 0 Å². The second-order valence-electron chi connectivity index (χ2n) is 16.5. The van der Waals surface area contributed by atoms with Crippen LogP contribution in [0.5, 0.6) is 0 Å². The van der Waals surface area contributed by atoms with E-state index in [1.807, 2.05) is 11.3 Å². The Bertz CT molecular complexity index is 3050. The monoisotopic (exact) mass is 735 g/mol. The highest BCUT2D eigenvalue weighted by molar-refractivity contribution is 7.25. The van der Waals surface area contributed by atoms with Crippen molar-refractivity contribution in [1.82, 2.24) is 0 Å². The van der Waals surface area contributed by atoms with Gasteiger partial charge < -0.3 is 4.90 Å². The molecule has 1 nitrogen and oxygen atoms in total. The lowest BCUT2D eigenvalue weighted by Crippen LogP contribution is -2.16. The smallest absolute Gasteiger partial charge is 0.0543 e. The van der Waals surface area contributed by atoms with Crippen molar-refractivity contribution in [1.29, 1.82) is 0 Å². The van der Waals surface area contributed by atoms with Gasteiger partial charge in [-0.2, -0.15) is 0 Å². The lowest BCUT2D eigenvalue weighted by Gasteiger charge is -2.31. The zero-order valence-corrected chi connectivity index (χ0v) is 32.9. The number of benzene rings is 8. The predicted molar refractivity (Wildman–Crippen MR) is 240 cm³/mol. The van der Waals surface area contributed by atoms with Gasteiger partial charge in [-0.3, -0.25) is 0 Å². The van der Waals surface area contributed by atoms with E-state index in [9.17, 15) is 0 Å². The van der Waals surface area contributed by atoms with Crippen molar-refractivity contribution in [3.63, 3.8) is 0 Å². The van der Waals surface area contributed by atoms with Gasteiger partial charge >= 0.3 is 0 Å². The minimum absolute atomic E-state index is 0.0647. The van der Waals surface area contributed by atoms with Gasteiger partial charge in [-0.25, -0.2) is 0 Å². The molecule has 2 aliphatic rings. The van der Waals surface area contributed by atoms with Crippen LogP contribution >= 0.6 is 11.3 Å². The number of hydrogen-bond donors (Lipinski definition) is 0. The Morgan fingerprint density at radius 2 is 0.964 bits per heavy atom. The fraction of sp³-hybridized carbons (Fsp3) is 0.111. The zero-order chi connectivity index (χ0) is 37.8. The Labute approximate surface area is 333 Å². The quantitative estimate of drug-likeness (QED) is 0.170. The molecule has 0 aliphatic heterocycles. The number of nitrogens with zero attached hydrogens (tertiary/aromatic N) is 1. The Kier molecular flexibility index (Phi) is 7.18. The molecule has 56 heavy (non-hydrogen) atoms. The van der Waals surface area contributed by atoms with Gasteiger partial charge in [-0.15, -0.1) is 11.3 Å². The molecule has 9 aromatic rings. The summed E-state index contributed by atoms with van der Waals surface area (Å²) >= 11 is 1.88. The van der Waals surface area contributed by atoms with Crippen molar-refractivity contribution in [3.05, 3.63) is 198 Å². The van der Waals surface area contributed by atoms with Crippen LogP contribution in [0.15, 0.2) is 176 Å². The van der Waals surface area contributed by atoms with Crippen LogP contribution in [0.25, 0.3) is 64.7 Å². The maximum Gasteiger partial charge on any atom is 0.0543 e. The summed E-state index contributed by atoms with van der Waals surface area (Å²) in [5.41, 5.74) is 19.0. The summed E-state index contributed by atoms with van der Waals surface area (Å²) in [6, 6.07) is 65.8. The van der Waals surface area contributed by atoms with Crippen LogP contribution in [0.4, 0.5) is 17.1 Å². The van der Waals surface area contributed by atoms with Crippen LogP contribution in [0.1, 0.15) is 49.9 Å². The molecule has 0 unspecified atom stereocenters. The van der Waals surface area contributed by atoms with E-state index in [0.717, 1.165) is 11.4 Å². The van der Waals surface area contributed by atoms with Crippen LogP contribution in [0.2, 0.25) is 0 Å². The van der Waals surface area contributed by atoms with Gasteiger partial charge in [-0.1, -0.05) is 161 Å². The zero-order valence-electron chi connectivity index (χ0n) is 32.1. The number of rotatable bonds is 5. The lowest BCUT2D eigenvalue weighted by atomic mass is 9.81. The highest BCUT2D eigenvalue weighted by atomic mass is 32.1. The van der Waals surface area contributed by atoms with E-state index in [1.54, 1.807) is 0 Å². The van der Waals surface area contributed by atoms with E-state index in [0.29, 0.717) is 0 Å². The largest absolute Gasteiger partial charge is 0.309 e. The van der Waals surface area contributed by atoms with Crippen LogP contribution in [0, 0.1) is 0 Å². The van der Waals surface area contributed by atoms with Gasteiger partial charge in [0.25, 0.3) is 0 Å². The lowest BCUT2D eigenvalue weighted by molar-refractivity contribution is 0.660. The summed E-state index contributed by atoms with van der Waals surface area (Å²) in [6.45, 7) is 9.46. The molecule has 0 saturated carbocycles. The molecule has 0 atom stereocenters. The fourth-order valence-corrected chi connectivity index (χ4v) is 11.0. The summed E-state index contributed by atoms with van der Waals surface area (Å²) in [6.07, 6.45) is 0. The Hall–Kier alpha value is -6.22. The van der Waals surface area contributed by atoms with Crippen molar-refractivity contribution in [2.75, 3.05) is 4.90 Å². The van der Waals surface area contributed by atoms with Crippen LogP contribution < -0.4 is 4.90 Å². The number of fused-ring (bicyclic) bond motifs is 9. The van der Waals surface area contributed by atoms with Crippen molar-refractivity contribution in [3.8, 4) is 44.5 Å². The highest BCUT2D eigenvalue weighted by Gasteiger charge is 2.38. The van der Waals surface area contributed by atoms with Gasteiger partial charge in [0.1, 0.15) is 0 Å². The number of para-hydroxylation sites is 1. The average Bonchev–Trinajstić information content (AvgIpc) is 3.81. The molecule has 268 valence electrons. The summed E-state index contributed by atoms with van der Waals surface area (Å²) < 4.78 is 2.64. The first-order valence-electron chi connectivity index (χ1n) is 19.7. The molecule has 0 N–H and O–H groups in total. The van der Waals surface area contributed by atoms with Gasteiger partial charge in [0, 0.05) is 47.8 Å². The molecule has 0 fully saturated rings. The second-order valence-corrected chi connectivity index (χ2v) is 17.6. The normalized spacial score (nSPS) is 14.4. The SMILES string of the molecule is CC1(C)c2ccccc2-c2ccc(-c3cccc(N(c4ccccc4-c4ccc5c(c4)sc4ccccc45)c4cccc5c4-c4ccccc4C5(C)C)c3)cc21. The molecule has 2 heteroatoms. The molecule has 1 heterocycles. The molecule has 11 rings (SSSR count). The van der Waals surface area contributed by atoms with E-state index in [2.05, 4.69) is 209 Å². The third-order valence-corrected chi connectivity index (χ3v) is 13.8. The van der Waals surface area contributed by atoms with Gasteiger partial charge in [0.15, 0.2) is 0 Å². The molecule has 1 aromatic heterocycles. The summed E-state index contributed by atoms with van der Waals surface area (Å²) in [5, 5.41) is 2.64. The maximum absolute atomic E-state index is 2.53. The fourth-order valence-electron chi connectivity index (χ4n) is 9.84. The summed E-state index contributed by atoms with van der Waals surface area (Å²) in [4.78, 5) is 2.53. The van der Waals surface area contributed by atoms with E-state index < -0.39 is 0 Å². The molecule has 0 amide bonds. The summed E-state index contributed by atoms with van der Waals surface area (Å²) in [5.74, 6) is 0. The van der Waals surface area contributed by atoms with Crippen molar-refractivity contribution in [2.24, 2.45) is 0 Å². The van der Waals surface area contributed by atoms with Crippen LogP contribution in [-0.2, 0) is 10.8 Å². The van der Waals surface area contributed by atoms with Gasteiger partial charge in [-0.05, 0) is 98.1 Å². The van der Waals surface area contributed by atoms with Crippen molar-refractivity contribution >= 4 is 48.6 Å². The van der Waals surface area contributed by atoms with E-state index in [4.69, 9.17) is 0 Å². The minimum Gasteiger partial charge on any atom is -0.309 e. The molecule has 8 aromatic carbocycles. The average molecular weight is 736 g/mol. The number of hydrogen-bond acceptors (Lipinski definition) is 2. The third-order valence-electron chi connectivity index (χ3n) is 12.7. The molecule has 0 saturated heterocycles. The molecule has 0 spiro atoms. The molecule has 0 radical (unpaired) electrons. The maximum atomic E-state index is 2.53. The molecule has 0 bridgehead atoms. The van der Waals surface area contributed by atoms with E-state index in [-0.39, 0.29) is 10.8 Å². The molecular weight excluding hydrogens is 695 g/mol. The minimum atomic E-state index is -0.115. The van der Waals surface area contributed by atoms with Gasteiger partial charge in [0.05, 0.1) is 11.4 Å². The topological polar surface area (TPSA) is 3.24 Å². The van der Waals surface area contributed by atoms with Crippen molar-refractivity contribution in [2.45, 2.75) is 38.5 Å². The predicted octanol–water partition coefficient (Wildman–Crippen LogP) is 15.5. The standard InChI is InChI=1S/C54H41NS/c1-53(2)45-22-10-6-20-43(45)52-46(53)23-14-25-49(52)55(48-24-11-7-17-38(48)36-28-30-42-41-19-8-12-26-50(41)56-51(42)33-36)37-16-13-15-34(31-37)35-27-29-40-39-18-5-9-21-44(39)54(3,4)47(40)32-35/h5-33H,1-4H3. The van der Waals surface area contributed by atoms with E-state index in [1.165, 1.54) is 92.6 Å². The first-order chi connectivity index (χ1) is 27.3. The highest BCUT2D eigenvalue weighted by Crippen LogP contribution is 2.55. The summed E-state index contributed by atoms with van der Waals surface area (Å²) in [7, 11) is 0. The number of thiophene rings is 1. The van der Waals surface area contributed by atoms with Crippen molar-refractivity contribution < 1.29 is 0 Å². The Balaban J connectivity index is 1.13. The Morgan fingerprint density at radius 3 is 1.82 bits per heavy atom. The Morgan fingerprint density at radius 1 is 0.375 bits per heavy atom. The van der Waals surface area contributed by atoms with Crippen LogP contribution in [-0.4, -0.2) is 0 Å². The van der Waals surface area contributed by atoms with E-state index >= 15 is 0 Å².